The third-order valence-electron chi connectivity index (χ3n) is 3.38. The van der Waals surface area contributed by atoms with Crippen LogP contribution < -0.4 is 11.1 Å². The van der Waals surface area contributed by atoms with E-state index in [-0.39, 0.29) is 23.7 Å². The smallest absolute Gasteiger partial charge is 0.337 e. The number of benzene rings is 1. The molecule has 112 valence electrons. The standard InChI is InChI=1S/C14H16N2O5/c1-3-8(7-21-2)16-10-6-4-5-9(14(19)20)11(10)15-12(17)13(16)18/h4-6,8H,3,7H2,1-2H3,(H,15,17)(H,19,20). The molecule has 7 nitrogen and oxygen atoms in total. The van der Waals surface area contributed by atoms with Gasteiger partial charge < -0.3 is 14.8 Å². The minimum Gasteiger partial charge on any atom is -0.478 e. The minimum absolute atomic E-state index is 0.0504. The van der Waals surface area contributed by atoms with Crippen LogP contribution in [0.25, 0.3) is 11.0 Å². The summed E-state index contributed by atoms with van der Waals surface area (Å²) in [5, 5.41) is 9.20. The number of para-hydroxylation sites is 1. The van der Waals surface area contributed by atoms with Gasteiger partial charge in [-0.15, -0.1) is 0 Å². The molecule has 0 spiro atoms. The molecule has 1 unspecified atom stereocenters. The van der Waals surface area contributed by atoms with Gasteiger partial charge in [0.25, 0.3) is 0 Å². The van der Waals surface area contributed by atoms with Gasteiger partial charge in [0.05, 0.1) is 29.2 Å². The molecule has 1 aromatic carbocycles. The summed E-state index contributed by atoms with van der Waals surface area (Å²) >= 11 is 0. The molecule has 0 saturated heterocycles. The molecule has 0 aliphatic carbocycles. The number of carbonyl (C=O) groups is 1. The SMILES string of the molecule is CCC(COC)n1c(=O)c(=O)[nH]c2c(C(=O)O)cccc21. The van der Waals surface area contributed by atoms with E-state index in [0.29, 0.717) is 11.9 Å². The highest BCUT2D eigenvalue weighted by Gasteiger charge is 2.19. The summed E-state index contributed by atoms with van der Waals surface area (Å²) in [4.78, 5) is 37.6. The maximum absolute atomic E-state index is 12.2. The second-order valence-electron chi connectivity index (χ2n) is 4.65. The summed E-state index contributed by atoms with van der Waals surface area (Å²) in [7, 11) is 1.51. The third kappa shape index (κ3) is 2.59. The quantitative estimate of drug-likeness (QED) is 0.800. The van der Waals surface area contributed by atoms with Gasteiger partial charge in [0.2, 0.25) is 0 Å². The highest BCUT2D eigenvalue weighted by Crippen LogP contribution is 2.19. The van der Waals surface area contributed by atoms with E-state index in [1.54, 1.807) is 12.1 Å². The number of H-pyrrole nitrogens is 1. The van der Waals surface area contributed by atoms with Gasteiger partial charge in [0.15, 0.2) is 0 Å². The molecule has 2 N–H and O–H groups in total. The number of aromatic carboxylic acids is 1. The zero-order valence-electron chi connectivity index (χ0n) is 11.8. The van der Waals surface area contributed by atoms with Gasteiger partial charge in [0.1, 0.15) is 0 Å². The second-order valence-corrected chi connectivity index (χ2v) is 4.65. The molecule has 0 radical (unpaired) electrons. The fraction of sp³-hybridized carbons (Fsp3) is 0.357. The number of nitrogens with zero attached hydrogens (tertiary/aromatic N) is 1. The van der Waals surface area contributed by atoms with E-state index < -0.39 is 17.1 Å². The van der Waals surface area contributed by atoms with Crippen molar-refractivity contribution in [3.63, 3.8) is 0 Å². The number of fused-ring (bicyclic) bond motifs is 1. The summed E-state index contributed by atoms with van der Waals surface area (Å²) < 4.78 is 6.39. The number of ether oxygens (including phenoxy) is 1. The Hall–Kier alpha value is -2.41. The van der Waals surface area contributed by atoms with Crippen LogP contribution in [0.2, 0.25) is 0 Å². The number of nitrogens with one attached hydrogen (secondary N) is 1. The first-order chi connectivity index (χ1) is 10.0. The summed E-state index contributed by atoms with van der Waals surface area (Å²) in [5.41, 5.74) is -1.09. The van der Waals surface area contributed by atoms with Gasteiger partial charge in [-0.25, -0.2) is 4.79 Å². The van der Waals surface area contributed by atoms with Crippen molar-refractivity contribution in [1.29, 1.82) is 0 Å². The molecular formula is C14H16N2O5. The number of hydrogen-bond acceptors (Lipinski definition) is 4. The first kappa shape index (κ1) is 15.0. The molecule has 2 aromatic rings. The minimum atomic E-state index is -1.17. The normalized spacial score (nSPS) is 12.5. The molecule has 1 aromatic heterocycles. The number of hydrogen-bond donors (Lipinski definition) is 2. The number of aromatic amines is 1. The Labute approximate surface area is 119 Å². The van der Waals surface area contributed by atoms with E-state index in [9.17, 15) is 19.5 Å². The van der Waals surface area contributed by atoms with Crippen molar-refractivity contribution in [2.24, 2.45) is 0 Å². The zero-order chi connectivity index (χ0) is 15.6. The molecule has 2 rings (SSSR count). The van der Waals surface area contributed by atoms with E-state index in [2.05, 4.69) is 4.98 Å². The lowest BCUT2D eigenvalue weighted by Gasteiger charge is -2.19. The van der Waals surface area contributed by atoms with Crippen molar-refractivity contribution in [1.82, 2.24) is 9.55 Å². The van der Waals surface area contributed by atoms with Crippen molar-refractivity contribution in [2.45, 2.75) is 19.4 Å². The molecule has 21 heavy (non-hydrogen) atoms. The lowest BCUT2D eigenvalue weighted by molar-refractivity contribution is 0.0698. The lowest BCUT2D eigenvalue weighted by atomic mass is 10.1. The van der Waals surface area contributed by atoms with Crippen LogP contribution in [0.4, 0.5) is 0 Å². The third-order valence-corrected chi connectivity index (χ3v) is 3.38. The van der Waals surface area contributed by atoms with Crippen molar-refractivity contribution >= 4 is 17.0 Å². The van der Waals surface area contributed by atoms with Crippen LogP contribution in [-0.4, -0.2) is 34.3 Å². The largest absolute Gasteiger partial charge is 0.478 e. The lowest BCUT2D eigenvalue weighted by Crippen LogP contribution is -2.39. The fourth-order valence-corrected chi connectivity index (χ4v) is 2.37. The second kappa shape index (κ2) is 5.92. The fourth-order valence-electron chi connectivity index (χ4n) is 2.37. The Morgan fingerprint density at radius 1 is 1.43 bits per heavy atom. The maximum atomic E-state index is 12.2. The van der Waals surface area contributed by atoms with Crippen molar-refractivity contribution < 1.29 is 14.6 Å². The van der Waals surface area contributed by atoms with Crippen LogP contribution in [0, 0.1) is 0 Å². The Balaban J connectivity index is 2.89. The van der Waals surface area contributed by atoms with Crippen LogP contribution in [-0.2, 0) is 4.74 Å². The van der Waals surface area contributed by atoms with Gasteiger partial charge in [-0.2, -0.15) is 0 Å². The van der Waals surface area contributed by atoms with E-state index in [1.807, 2.05) is 6.92 Å². The number of carboxylic acids is 1. The monoisotopic (exact) mass is 292 g/mol. The predicted molar refractivity (Wildman–Crippen MR) is 77.0 cm³/mol. The van der Waals surface area contributed by atoms with Crippen LogP contribution in [0.5, 0.6) is 0 Å². The first-order valence-corrected chi connectivity index (χ1v) is 6.51. The number of methoxy groups -OCH3 is 1. The van der Waals surface area contributed by atoms with E-state index in [0.717, 1.165) is 0 Å². The van der Waals surface area contributed by atoms with Crippen LogP contribution in [0.1, 0.15) is 29.7 Å². The number of aromatic nitrogens is 2. The van der Waals surface area contributed by atoms with Crippen molar-refractivity contribution in [3.8, 4) is 0 Å². The molecular weight excluding hydrogens is 276 g/mol. The average Bonchev–Trinajstić information content (AvgIpc) is 2.46. The van der Waals surface area contributed by atoms with Crippen LogP contribution in [0.3, 0.4) is 0 Å². The summed E-state index contributed by atoms with van der Waals surface area (Å²) in [5.74, 6) is -1.17. The molecule has 0 bridgehead atoms. The maximum Gasteiger partial charge on any atom is 0.337 e. The Morgan fingerprint density at radius 2 is 2.14 bits per heavy atom. The highest BCUT2D eigenvalue weighted by atomic mass is 16.5. The molecule has 0 fully saturated rings. The summed E-state index contributed by atoms with van der Waals surface area (Å²) in [6.45, 7) is 2.12. The summed E-state index contributed by atoms with van der Waals surface area (Å²) in [6, 6.07) is 4.19. The molecule has 1 heterocycles. The predicted octanol–water partition coefficient (Wildman–Crippen LogP) is 0.986. The zero-order valence-corrected chi connectivity index (χ0v) is 11.8. The molecule has 0 saturated carbocycles. The van der Waals surface area contributed by atoms with Gasteiger partial charge in [-0.05, 0) is 18.6 Å². The Morgan fingerprint density at radius 3 is 2.71 bits per heavy atom. The van der Waals surface area contributed by atoms with E-state index in [1.165, 1.54) is 17.7 Å². The number of carboxylic acid groups (broad SMARTS) is 1. The van der Waals surface area contributed by atoms with Crippen LogP contribution in [0.15, 0.2) is 27.8 Å². The number of rotatable bonds is 5. The van der Waals surface area contributed by atoms with E-state index >= 15 is 0 Å². The molecule has 0 aliphatic rings. The summed E-state index contributed by atoms with van der Waals surface area (Å²) in [6.07, 6.45) is 0.573. The van der Waals surface area contributed by atoms with E-state index in [4.69, 9.17) is 4.74 Å². The van der Waals surface area contributed by atoms with Crippen molar-refractivity contribution in [3.05, 3.63) is 44.5 Å². The van der Waals surface area contributed by atoms with Gasteiger partial charge in [0, 0.05) is 7.11 Å². The van der Waals surface area contributed by atoms with Gasteiger partial charge in [-0.1, -0.05) is 13.0 Å². The Kier molecular flexibility index (Phi) is 4.23. The average molecular weight is 292 g/mol. The molecule has 0 aliphatic heterocycles. The molecule has 1 atom stereocenters. The van der Waals surface area contributed by atoms with Crippen molar-refractivity contribution in [2.75, 3.05) is 13.7 Å². The first-order valence-electron chi connectivity index (χ1n) is 6.51. The van der Waals surface area contributed by atoms with Crippen LogP contribution >= 0.6 is 0 Å². The Bertz CT molecular complexity index is 790. The van der Waals surface area contributed by atoms with Gasteiger partial charge in [-0.3, -0.25) is 14.2 Å². The van der Waals surface area contributed by atoms with Gasteiger partial charge >= 0.3 is 17.1 Å². The highest BCUT2D eigenvalue weighted by molar-refractivity contribution is 6.00. The molecule has 7 heteroatoms. The molecule has 0 amide bonds. The topological polar surface area (TPSA) is 101 Å².